The van der Waals surface area contributed by atoms with Gasteiger partial charge in [0.2, 0.25) is 10.0 Å². The van der Waals surface area contributed by atoms with Crippen LogP contribution in [-0.4, -0.2) is 31.0 Å². The lowest BCUT2D eigenvalue weighted by molar-refractivity contribution is 0.594. The van der Waals surface area contributed by atoms with E-state index in [1.165, 1.54) is 10.2 Å². The van der Waals surface area contributed by atoms with Gasteiger partial charge in [-0.15, -0.1) is 0 Å². The molecule has 1 unspecified atom stereocenters. The predicted molar refractivity (Wildman–Crippen MR) is 76.0 cm³/mol. The van der Waals surface area contributed by atoms with Crippen molar-refractivity contribution in [3.63, 3.8) is 0 Å². The molecule has 0 saturated heterocycles. The number of para-hydroxylation sites is 1. The Kier molecular flexibility index (Phi) is 2.63. The number of benzene rings is 1. The summed E-state index contributed by atoms with van der Waals surface area (Å²) >= 11 is 0. The van der Waals surface area contributed by atoms with Gasteiger partial charge < -0.3 is 5.32 Å². The van der Waals surface area contributed by atoms with E-state index >= 15 is 0 Å². The van der Waals surface area contributed by atoms with Crippen molar-refractivity contribution in [2.24, 2.45) is 4.99 Å². The van der Waals surface area contributed by atoms with Gasteiger partial charge in [0.25, 0.3) is 0 Å². The minimum Gasteiger partial charge on any atom is -0.365 e. The largest absolute Gasteiger partial charge is 0.365 e. The predicted octanol–water partition coefficient (Wildman–Crippen LogP) is 1.51. The molecule has 3 rings (SSSR count). The Bertz CT molecular complexity index is 774. The standard InChI is InChI=1S/C13H15N3O2S/c1-9-14-7-12(15-9)11-8-16(19(2,17)18)13-6-4-3-5-10(11)13/h3-6,8,12H,7H2,1-2H3,(H,14,15). The van der Waals surface area contributed by atoms with E-state index in [1.807, 2.05) is 31.2 Å². The molecular formula is C13H15N3O2S. The lowest BCUT2D eigenvalue weighted by Gasteiger charge is -2.09. The van der Waals surface area contributed by atoms with Crippen molar-refractivity contribution in [2.75, 3.05) is 12.8 Å². The van der Waals surface area contributed by atoms with E-state index in [2.05, 4.69) is 10.3 Å². The Morgan fingerprint density at radius 1 is 1.37 bits per heavy atom. The van der Waals surface area contributed by atoms with Crippen LogP contribution in [0.3, 0.4) is 0 Å². The monoisotopic (exact) mass is 277 g/mol. The third-order valence-corrected chi connectivity index (χ3v) is 4.35. The first-order valence-electron chi connectivity index (χ1n) is 6.05. The second-order valence-corrected chi connectivity index (χ2v) is 6.64. The zero-order valence-corrected chi connectivity index (χ0v) is 11.6. The lowest BCUT2D eigenvalue weighted by atomic mass is 10.1. The molecule has 1 N–H and O–H groups in total. The summed E-state index contributed by atoms with van der Waals surface area (Å²) in [6, 6.07) is 7.58. The van der Waals surface area contributed by atoms with Gasteiger partial charge in [0.05, 0.1) is 30.2 Å². The fourth-order valence-corrected chi connectivity index (χ4v) is 3.30. The summed E-state index contributed by atoms with van der Waals surface area (Å²) in [6.45, 7) is 2.55. The number of fused-ring (bicyclic) bond motifs is 1. The van der Waals surface area contributed by atoms with E-state index in [9.17, 15) is 8.42 Å². The van der Waals surface area contributed by atoms with E-state index < -0.39 is 10.0 Å². The Hall–Kier alpha value is -1.82. The first-order chi connectivity index (χ1) is 8.97. The van der Waals surface area contributed by atoms with Crippen LogP contribution >= 0.6 is 0 Å². The molecule has 0 bridgehead atoms. The van der Waals surface area contributed by atoms with Gasteiger partial charge in [0.1, 0.15) is 0 Å². The van der Waals surface area contributed by atoms with Crippen molar-refractivity contribution in [3.05, 3.63) is 36.0 Å². The molecule has 5 nitrogen and oxygen atoms in total. The third-order valence-electron chi connectivity index (χ3n) is 3.34. The molecule has 6 heteroatoms. The Morgan fingerprint density at radius 2 is 2.11 bits per heavy atom. The van der Waals surface area contributed by atoms with E-state index in [4.69, 9.17) is 0 Å². The van der Waals surface area contributed by atoms with Crippen molar-refractivity contribution in [1.29, 1.82) is 0 Å². The van der Waals surface area contributed by atoms with Crippen LogP contribution in [0.2, 0.25) is 0 Å². The molecule has 1 aliphatic rings. The molecule has 0 fully saturated rings. The average molecular weight is 277 g/mol. The first-order valence-corrected chi connectivity index (χ1v) is 7.90. The third kappa shape index (κ3) is 2.02. The van der Waals surface area contributed by atoms with Gasteiger partial charge in [-0.2, -0.15) is 0 Å². The number of hydrogen-bond donors (Lipinski definition) is 1. The van der Waals surface area contributed by atoms with Gasteiger partial charge in [0, 0.05) is 17.1 Å². The Labute approximate surface area is 112 Å². The minimum absolute atomic E-state index is 0.0490. The van der Waals surface area contributed by atoms with Crippen LogP contribution in [0.5, 0.6) is 0 Å². The normalized spacial score (nSPS) is 19.5. The fourth-order valence-electron chi connectivity index (χ4n) is 2.48. The summed E-state index contributed by atoms with van der Waals surface area (Å²) in [6.07, 6.45) is 2.92. The van der Waals surface area contributed by atoms with Crippen molar-refractivity contribution < 1.29 is 8.42 Å². The van der Waals surface area contributed by atoms with Gasteiger partial charge in [-0.25, -0.2) is 12.4 Å². The molecule has 19 heavy (non-hydrogen) atoms. The van der Waals surface area contributed by atoms with Crippen LogP contribution in [-0.2, 0) is 10.0 Å². The van der Waals surface area contributed by atoms with E-state index in [0.29, 0.717) is 12.1 Å². The highest BCUT2D eigenvalue weighted by Gasteiger charge is 2.23. The van der Waals surface area contributed by atoms with Crippen molar-refractivity contribution >= 4 is 26.8 Å². The summed E-state index contributed by atoms with van der Waals surface area (Å²) < 4.78 is 25.0. The van der Waals surface area contributed by atoms with Gasteiger partial charge in [0.15, 0.2) is 0 Å². The fraction of sp³-hybridized carbons (Fsp3) is 0.308. The maximum atomic E-state index is 11.9. The quantitative estimate of drug-likeness (QED) is 0.905. The summed E-state index contributed by atoms with van der Waals surface area (Å²) in [4.78, 5) is 4.32. The molecule has 0 radical (unpaired) electrons. The van der Waals surface area contributed by atoms with Crippen LogP contribution in [0.15, 0.2) is 35.5 Å². The highest BCUT2D eigenvalue weighted by atomic mass is 32.2. The summed E-state index contributed by atoms with van der Waals surface area (Å²) in [5.74, 6) is 0.890. The molecule has 1 atom stereocenters. The molecule has 0 spiro atoms. The molecule has 2 heterocycles. The van der Waals surface area contributed by atoms with Crippen LogP contribution in [0.25, 0.3) is 10.9 Å². The topological polar surface area (TPSA) is 63.5 Å². The molecule has 0 amide bonds. The second kappa shape index (κ2) is 4.09. The maximum Gasteiger partial charge on any atom is 0.236 e. The molecule has 0 aliphatic carbocycles. The smallest absolute Gasteiger partial charge is 0.236 e. The molecule has 1 aromatic heterocycles. The number of nitrogens with one attached hydrogen (secondary N) is 1. The number of nitrogens with zero attached hydrogens (tertiary/aromatic N) is 2. The van der Waals surface area contributed by atoms with Crippen LogP contribution < -0.4 is 5.32 Å². The zero-order chi connectivity index (χ0) is 13.6. The minimum atomic E-state index is -3.30. The Balaban J connectivity index is 2.21. The van der Waals surface area contributed by atoms with Crippen molar-refractivity contribution in [2.45, 2.75) is 13.0 Å². The number of aromatic nitrogens is 1. The van der Waals surface area contributed by atoms with E-state index in [1.54, 1.807) is 6.20 Å². The summed E-state index contributed by atoms with van der Waals surface area (Å²) in [5, 5.41) is 4.22. The maximum absolute atomic E-state index is 11.9. The van der Waals surface area contributed by atoms with Gasteiger partial charge in [-0.05, 0) is 13.0 Å². The van der Waals surface area contributed by atoms with Crippen molar-refractivity contribution in [1.82, 2.24) is 9.29 Å². The number of aliphatic imine (C=N–C) groups is 1. The first kappa shape index (κ1) is 12.2. The lowest BCUT2D eigenvalue weighted by Crippen LogP contribution is -2.20. The molecule has 2 aromatic rings. The summed E-state index contributed by atoms with van der Waals surface area (Å²) in [5.41, 5.74) is 1.69. The van der Waals surface area contributed by atoms with Gasteiger partial charge >= 0.3 is 0 Å². The number of hydrogen-bond acceptors (Lipinski definition) is 4. The summed E-state index contributed by atoms with van der Waals surface area (Å²) in [7, 11) is -3.30. The van der Waals surface area contributed by atoms with E-state index in [0.717, 1.165) is 16.8 Å². The molecule has 1 aromatic carbocycles. The molecular weight excluding hydrogens is 262 g/mol. The SMILES string of the molecule is CC1=NCC(c2cn(S(C)(=O)=O)c3ccccc23)N1. The molecule has 100 valence electrons. The van der Waals surface area contributed by atoms with Crippen LogP contribution in [0.1, 0.15) is 18.5 Å². The molecule has 1 aliphatic heterocycles. The van der Waals surface area contributed by atoms with E-state index in [-0.39, 0.29) is 6.04 Å². The number of amidine groups is 1. The Morgan fingerprint density at radius 3 is 2.74 bits per heavy atom. The van der Waals surface area contributed by atoms with Crippen molar-refractivity contribution in [3.8, 4) is 0 Å². The van der Waals surface area contributed by atoms with Gasteiger partial charge in [-0.1, -0.05) is 18.2 Å². The highest BCUT2D eigenvalue weighted by Crippen LogP contribution is 2.29. The molecule has 0 saturated carbocycles. The highest BCUT2D eigenvalue weighted by molar-refractivity contribution is 7.89. The second-order valence-electron chi connectivity index (χ2n) is 4.78. The van der Waals surface area contributed by atoms with Crippen LogP contribution in [0, 0.1) is 0 Å². The average Bonchev–Trinajstić information content (AvgIpc) is 2.91. The van der Waals surface area contributed by atoms with Crippen LogP contribution in [0.4, 0.5) is 0 Å². The number of rotatable bonds is 2. The van der Waals surface area contributed by atoms with Gasteiger partial charge in [-0.3, -0.25) is 4.99 Å². The zero-order valence-electron chi connectivity index (χ0n) is 10.8.